The molecule has 1 atom stereocenters. The molecular weight excluding hydrogens is 352 g/mol. The lowest BCUT2D eigenvalue weighted by Gasteiger charge is -2.25. The molecule has 0 fully saturated rings. The largest absolute Gasteiger partial charge is 0.511 e. The molecular formula is C19H24N2O4S. The van der Waals surface area contributed by atoms with Crippen LogP contribution in [0.2, 0.25) is 0 Å². The molecule has 0 bridgehead atoms. The zero-order valence-corrected chi connectivity index (χ0v) is 16.0. The second kappa shape index (κ2) is 8.31. The van der Waals surface area contributed by atoms with Crippen molar-refractivity contribution in [2.24, 2.45) is 5.92 Å². The fourth-order valence-corrected chi connectivity index (χ4v) is 2.98. The van der Waals surface area contributed by atoms with Gasteiger partial charge in [-0.2, -0.15) is 0 Å². The smallest absolute Gasteiger partial charge is 0.407 e. The number of carbonyl (C=O) groups excluding carboxylic acids is 2. The van der Waals surface area contributed by atoms with Crippen molar-refractivity contribution < 1.29 is 19.4 Å². The van der Waals surface area contributed by atoms with Crippen LogP contribution in [0.15, 0.2) is 41.7 Å². The lowest BCUT2D eigenvalue weighted by atomic mass is 9.87. The zero-order valence-electron chi connectivity index (χ0n) is 15.2. The lowest BCUT2D eigenvalue weighted by molar-refractivity contribution is -0.116. The van der Waals surface area contributed by atoms with Crippen LogP contribution in [0.3, 0.4) is 0 Å². The Labute approximate surface area is 158 Å². The van der Waals surface area contributed by atoms with Crippen molar-refractivity contribution >= 4 is 34.8 Å². The number of ether oxygens (including phenoxy) is 1. The molecule has 2 rings (SSSR count). The van der Waals surface area contributed by atoms with Gasteiger partial charge in [0.1, 0.15) is 16.3 Å². The van der Waals surface area contributed by atoms with Gasteiger partial charge in [-0.05, 0) is 38.8 Å². The predicted molar refractivity (Wildman–Crippen MR) is 104 cm³/mol. The summed E-state index contributed by atoms with van der Waals surface area (Å²) in [5, 5.41) is 15.9. The van der Waals surface area contributed by atoms with E-state index in [4.69, 9.17) is 17.0 Å². The standard InChI is InChI=1S/C19H24N2O4S/c1-19(2,3)25-18(24)20-11-12-9-14(22)16(15(23)10-12)17(26)21-13-7-5-4-6-8-13/h4-8,12,22H,9-11H2,1-3H3,(H,20,24)(H,21,26). The maximum absolute atomic E-state index is 12.4. The van der Waals surface area contributed by atoms with Crippen LogP contribution in [-0.4, -0.2) is 34.1 Å². The molecule has 26 heavy (non-hydrogen) atoms. The number of ketones is 1. The van der Waals surface area contributed by atoms with E-state index in [2.05, 4.69) is 10.6 Å². The molecule has 1 unspecified atom stereocenters. The van der Waals surface area contributed by atoms with Gasteiger partial charge in [-0.15, -0.1) is 0 Å². The van der Waals surface area contributed by atoms with Crippen molar-refractivity contribution in [2.45, 2.75) is 39.2 Å². The molecule has 0 aromatic heterocycles. The fourth-order valence-electron chi connectivity index (χ4n) is 2.63. The normalized spacial score (nSPS) is 17.7. The lowest BCUT2D eigenvalue weighted by Crippen LogP contribution is -2.37. The Morgan fingerprint density at radius 3 is 2.50 bits per heavy atom. The Kier molecular flexibility index (Phi) is 6.37. The SMILES string of the molecule is CC(C)(C)OC(=O)NCC1CC(=O)C(C(=S)Nc2ccccc2)=C(O)C1. The summed E-state index contributed by atoms with van der Waals surface area (Å²) in [7, 11) is 0. The Balaban J connectivity index is 1.95. The van der Waals surface area contributed by atoms with Crippen LogP contribution < -0.4 is 10.6 Å². The summed E-state index contributed by atoms with van der Waals surface area (Å²) in [4.78, 5) is 24.4. The number of thiocarbonyl (C=S) groups is 1. The molecule has 0 radical (unpaired) electrons. The number of benzene rings is 1. The maximum Gasteiger partial charge on any atom is 0.407 e. The Morgan fingerprint density at radius 2 is 1.92 bits per heavy atom. The molecule has 140 valence electrons. The number of amides is 1. The van der Waals surface area contributed by atoms with Crippen molar-refractivity contribution in [2.75, 3.05) is 11.9 Å². The zero-order chi connectivity index (χ0) is 19.3. The number of para-hydroxylation sites is 1. The van der Waals surface area contributed by atoms with E-state index in [1.54, 1.807) is 20.8 Å². The quantitative estimate of drug-likeness (QED) is 0.694. The molecule has 0 saturated heterocycles. The minimum absolute atomic E-state index is 0.0503. The highest BCUT2D eigenvalue weighted by atomic mass is 32.1. The third-order valence-electron chi connectivity index (χ3n) is 3.72. The number of aliphatic hydroxyl groups excluding tert-OH is 1. The minimum atomic E-state index is -0.586. The number of rotatable bonds is 4. The number of alkyl carbamates (subject to hydrolysis) is 1. The molecule has 1 amide bonds. The molecule has 0 heterocycles. The van der Waals surface area contributed by atoms with Crippen LogP contribution in [-0.2, 0) is 9.53 Å². The van der Waals surface area contributed by atoms with Crippen molar-refractivity contribution in [1.82, 2.24) is 5.32 Å². The van der Waals surface area contributed by atoms with Crippen LogP contribution >= 0.6 is 12.2 Å². The van der Waals surface area contributed by atoms with E-state index in [-0.39, 0.29) is 47.4 Å². The van der Waals surface area contributed by atoms with Gasteiger partial charge in [-0.25, -0.2) is 4.79 Å². The second-order valence-corrected chi connectivity index (χ2v) is 7.63. The number of hydrogen-bond acceptors (Lipinski definition) is 5. The van der Waals surface area contributed by atoms with Gasteiger partial charge >= 0.3 is 6.09 Å². The van der Waals surface area contributed by atoms with E-state index in [1.807, 2.05) is 30.3 Å². The summed E-state index contributed by atoms with van der Waals surface area (Å²) >= 11 is 5.28. The van der Waals surface area contributed by atoms with Gasteiger partial charge in [0.25, 0.3) is 0 Å². The average Bonchev–Trinajstić information content (AvgIpc) is 2.51. The van der Waals surface area contributed by atoms with Crippen molar-refractivity contribution in [3.63, 3.8) is 0 Å². The van der Waals surface area contributed by atoms with E-state index in [0.29, 0.717) is 0 Å². The maximum atomic E-state index is 12.4. The molecule has 1 aromatic rings. The van der Waals surface area contributed by atoms with Crippen LogP contribution in [0.25, 0.3) is 0 Å². The molecule has 7 heteroatoms. The molecule has 1 aliphatic rings. The first-order valence-electron chi connectivity index (χ1n) is 8.44. The van der Waals surface area contributed by atoms with Crippen molar-refractivity contribution in [3.8, 4) is 0 Å². The first-order chi connectivity index (χ1) is 12.2. The third-order valence-corrected chi connectivity index (χ3v) is 4.02. The first-order valence-corrected chi connectivity index (χ1v) is 8.85. The van der Waals surface area contributed by atoms with Gasteiger partial charge in [0.15, 0.2) is 5.78 Å². The number of hydrogen-bond donors (Lipinski definition) is 3. The topological polar surface area (TPSA) is 87.7 Å². The average molecular weight is 376 g/mol. The Hall–Kier alpha value is -2.41. The van der Waals surface area contributed by atoms with Crippen LogP contribution in [0.5, 0.6) is 0 Å². The van der Waals surface area contributed by atoms with Gasteiger partial charge in [0, 0.05) is 25.1 Å². The summed E-state index contributed by atoms with van der Waals surface area (Å²) in [6.45, 7) is 5.57. The Bertz CT molecular complexity index is 723. The third kappa shape index (κ3) is 5.84. The van der Waals surface area contributed by atoms with Gasteiger partial charge in [0.2, 0.25) is 0 Å². The van der Waals surface area contributed by atoms with E-state index in [0.717, 1.165) is 5.69 Å². The molecule has 0 spiro atoms. The monoisotopic (exact) mass is 376 g/mol. The molecule has 0 aliphatic heterocycles. The van der Waals surface area contributed by atoms with Crippen LogP contribution in [0, 0.1) is 5.92 Å². The summed E-state index contributed by atoms with van der Waals surface area (Å²) in [5.74, 6) is -0.484. The van der Waals surface area contributed by atoms with E-state index in [9.17, 15) is 14.7 Å². The van der Waals surface area contributed by atoms with E-state index in [1.165, 1.54) is 0 Å². The fraction of sp³-hybridized carbons (Fsp3) is 0.421. The number of aliphatic hydroxyl groups is 1. The van der Waals surface area contributed by atoms with E-state index < -0.39 is 11.7 Å². The molecule has 1 aromatic carbocycles. The van der Waals surface area contributed by atoms with Crippen molar-refractivity contribution in [1.29, 1.82) is 0 Å². The highest BCUT2D eigenvalue weighted by molar-refractivity contribution is 7.81. The molecule has 3 N–H and O–H groups in total. The number of nitrogens with one attached hydrogen (secondary N) is 2. The first kappa shape index (κ1) is 19.9. The van der Waals surface area contributed by atoms with Gasteiger partial charge in [0.05, 0.1) is 5.57 Å². The Morgan fingerprint density at radius 1 is 1.27 bits per heavy atom. The van der Waals surface area contributed by atoms with Gasteiger partial charge in [-0.1, -0.05) is 30.4 Å². The van der Waals surface area contributed by atoms with E-state index >= 15 is 0 Å². The summed E-state index contributed by atoms with van der Waals surface area (Å²) in [5.41, 5.74) is 0.313. The molecule has 1 aliphatic carbocycles. The van der Waals surface area contributed by atoms with Crippen LogP contribution in [0.4, 0.5) is 10.5 Å². The molecule has 6 nitrogen and oxygen atoms in total. The minimum Gasteiger partial charge on any atom is -0.511 e. The number of Topliss-reactive ketones (excluding diaryl/α,β-unsaturated/α-hetero) is 1. The predicted octanol–water partition coefficient (Wildman–Crippen LogP) is 3.74. The van der Waals surface area contributed by atoms with Gasteiger partial charge < -0.3 is 20.5 Å². The van der Waals surface area contributed by atoms with Crippen LogP contribution in [0.1, 0.15) is 33.6 Å². The number of allylic oxidation sites excluding steroid dienone is 1. The van der Waals surface area contributed by atoms with Crippen molar-refractivity contribution in [3.05, 3.63) is 41.7 Å². The summed E-state index contributed by atoms with van der Waals surface area (Å²) in [6, 6.07) is 9.22. The highest BCUT2D eigenvalue weighted by Crippen LogP contribution is 2.27. The summed E-state index contributed by atoms with van der Waals surface area (Å²) < 4.78 is 5.17. The summed E-state index contributed by atoms with van der Waals surface area (Å²) in [6.07, 6.45) is -0.0697. The second-order valence-electron chi connectivity index (χ2n) is 7.22. The molecule has 0 saturated carbocycles. The number of anilines is 1. The highest BCUT2D eigenvalue weighted by Gasteiger charge is 2.30. The van der Waals surface area contributed by atoms with Gasteiger partial charge in [-0.3, -0.25) is 4.79 Å². The number of carbonyl (C=O) groups is 2.